The third-order valence-corrected chi connectivity index (χ3v) is 4.40. The van der Waals surface area contributed by atoms with Gasteiger partial charge in [0.25, 0.3) is 0 Å². The van der Waals surface area contributed by atoms with Crippen molar-refractivity contribution >= 4 is 43.8 Å². The molecule has 0 bridgehead atoms. The van der Waals surface area contributed by atoms with Crippen LogP contribution < -0.4 is 10.5 Å². The first kappa shape index (κ1) is 13.8. The molecule has 0 saturated carbocycles. The quantitative estimate of drug-likeness (QED) is 0.802. The van der Waals surface area contributed by atoms with E-state index in [1.165, 1.54) is 6.20 Å². The highest BCUT2D eigenvalue weighted by atomic mass is 32.2. The lowest BCUT2D eigenvalue weighted by Gasteiger charge is -2.09. The van der Waals surface area contributed by atoms with E-state index in [2.05, 4.69) is 14.3 Å². The Hall–Kier alpha value is -1.58. The summed E-state index contributed by atoms with van der Waals surface area (Å²) < 4.78 is 30.0. The molecule has 6 nitrogen and oxygen atoms in total. The van der Waals surface area contributed by atoms with E-state index in [4.69, 9.17) is 18.0 Å². The molecular weight excluding hydrogens is 304 g/mol. The van der Waals surface area contributed by atoms with E-state index < -0.39 is 10.0 Å². The molecule has 2 aromatic rings. The molecule has 0 radical (unpaired) electrons. The molecule has 0 spiro atoms. The number of thiocarbonyl (C=S) groups is 1. The summed E-state index contributed by atoms with van der Waals surface area (Å²) in [5.41, 5.74) is 6.68. The number of anilines is 1. The zero-order valence-corrected chi connectivity index (χ0v) is 12.1. The van der Waals surface area contributed by atoms with Crippen molar-refractivity contribution in [3.05, 3.63) is 41.6 Å². The summed E-state index contributed by atoms with van der Waals surface area (Å²) in [5, 5.41) is 3.93. The first-order valence-electron chi connectivity index (χ1n) is 5.13. The Bertz CT molecular complexity index is 683. The Morgan fingerprint density at radius 1 is 1.42 bits per heavy atom. The van der Waals surface area contributed by atoms with Crippen molar-refractivity contribution in [2.75, 3.05) is 4.72 Å². The Kier molecular flexibility index (Phi) is 4.08. The molecule has 0 fully saturated rings. The fourth-order valence-corrected chi connectivity index (χ4v) is 3.59. The molecule has 2 rings (SSSR count). The largest absolute Gasteiger partial charge is 0.389 e. The molecule has 0 aliphatic carbocycles. The number of aromatic nitrogens is 2. The van der Waals surface area contributed by atoms with E-state index >= 15 is 0 Å². The maximum atomic E-state index is 12.0. The molecule has 0 saturated heterocycles. The smallest absolute Gasteiger partial charge is 0.237 e. The molecule has 3 N–H and O–H groups in total. The van der Waals surface area contributed by atoms with Gasteiger partial charge in [-0.05, 0) is 5.56 Å². The summed E-state index contributed by atoms with van der Waals surface area (Å²) in [6, 6.07) is 6.87. The normalized spacial score (nSPS) is 11.2. The minimum absolute atomic E-state index is 0.172. The zero-order chi connectivity index (χ0) is 13.9. The maximum absolute atomic E-state index is 12.0. The van der Waals surface area contributed by atoms with Gasteiger partial charge in [0.05, 0.1) is 11.9 Å². The van der Waals surface area contributed by atoms with Crippen molar-refractivity contribution in [3.63, 3.8) is 0 Å². The number of rotatable bonds is 5. The lowest BCUT2D eigenvalue weighted by Crippen LogP contribution is -2.18. The maximum Gasteiger partial charge on any atom is 0.237 e. The van der Waals surface area contributed by atoms with Crippen LogP contribution in [0, 0.1) is 0 Å². The van der Waals surface area contributed by atoms with Crippen molar-refractivity contribution in [2.45, 2.75) is 5.75 Å². The van der Waals surface area contributed by atoms with Crippen LogP contribution in [0.5, 0.6) is 0 Å². The van der Waals surface area contributed by atoms with Crippen molar-refractivity contribution in [3.8, 4) is 0 Å². The minimum atomic E-state index is -3.55. The molecule has 100 valence electrons. The second kappa shape index (κ2) is 5.59. The Morgan fingerprint density at radius 2 is 2.16 bits per heavy atom. The lowest BCUT2D eigenvalue weighted by atomic mass is 10.1. The number of nitrogens with one attached hydrogen (secondary N) is 1. The SMILES string of the molecule is NC(=S)c1ccccc1CS(=O)(=O)Nc1cnns1. The van der Waals surface area contributed by atoms with Gasteiger partial charge >= 0.3 is 0 Å². The van der Waals surface area contributed by atoms with E-state index in [1.807, 2.05) is 0 Å². The van der Waals surface area contributed by atoms with E-state index in [-0.39, 0.29) is 10.7 Å². The van der Waals surface area contributed by atoms with Crippen molar-refractivity contribution in [2.24, 2.45) is 5.73 Å². The Morgan fingerprint density at radius 3 is 2.79 bits per heavy atom. The van der Waals surface area contributed by atoms with Crippen LogP contribution in [0.3, 0.4) is 0 Å². The second-order valence-electron chi connectivity index (χ2n) is 3.66. The summed E-state index contributed by atoms with van der Waals surface area (Å²) in [6.07, 6.45) is 1.35. The molecule has 0 amide bonds. The number of benzene rings is 1. The molecule has 0 atom stereocenters. The van der Waals surface area contributed by atoms with E-state index in [0.717, 1.165) is 11.5 Å². The van der Waals surface area contributed by atoms with Crippen molar-refractivity contribution in [1.82, 2.24) is 9.59 Å². The summed E-state index contributed by atoms with van der Waals surface area (Å²) in [7, 11) is -3.55. The van der Waals surface area contributed by atoms with Gasteiger partial charge in [0.15, 0.2) is 0 Å². The molecule has 0 unspecified atom stereocenters. The lowest BCUT2D eigenvalue weighted by molar-refractivity contribution is 0.600. The van der Waals surface area contributed by atoms with Gasteiger partial charge in [0.2, 0.25) is 10.0 Å². The molecule has 9 heteroatoms. The molecule has 0 aliphatic rings. The van der Waals surface area contributed by atoms with Gasteiger partial charge in [0, 0.05) is 17.1 Å². The summed E-state index contributed by atoms with van der Waals surface area (Å²) in [5.74, 6) is -0.210. The summed E-state index contributed by atoms with van der Waals surface area (Å²) >= 11 is 5.87. The van der Waals surface area contributed by atoms with Gasteiger partial charge in [-0.25, -0.2) is 8.42 Å². The topological polar surface area (TPSA) is 98.0 Å². The Balaban J connectivity index is 2.23. The van der Waals surface area contributed by atoms with Gasteiger partial charge in [-0.1, -0.05) is 41.0 Å². The fraction of sp³-hybridized carbons (Fsp3) is 0.100. The predicted octanol–water partition coefficient (Wildman–Crippen LogP) is 1.11. The van der Waals surface area contributed by atoms with E-state index in [0.29, 0.717) is 16.1 Å². The average molecular weight is 314 g/mol. The average Bonchev–Trinajstić information content (AvgIpc) is 2.80. The number of hydrogen-bond acceptors (Lipinski definition) is 6. The first-order valence-corrected chi connectivity index (χ1v) is 7.97. The third kappa shape index (κ3) is 3.69. The number of hydrogen-bond donors (Lipinski definition) is 2. The molecule has 1 aromatic carbocycles. The van der Waals surface area contributed by atoms with Crippen molar-refractivity contribution in [1.29, 1.82) is 0 Å². The highest BCUT2D eigenvalue weighted by Gasteiger charge is 2.16. The van der Waals surface area contributed by atoms with Gasteiger partial charge in [0.1, 0.15) is 9.99 Å². The van der Waals surface area contributed by atoms with Gasteiger partial charge in [-0.3, -0.25) is 4.72 Å². The van der Waals surface area contributed by atoms with Crippen molar-refractivity contribution < 1.29 is 8.42 Å². The van der Waals surface area contributed by atoms with Crippen LogP contribution in [0.4, 0.5) is 5.00 Å². The van der Waals surface area contributed by atoms with Crippen LogP contribution in [-0.4, -0.2) is 23.0 Å². The Labute approximate surface area is 119 Å². The highest BCUT2D eigenvalue weighted by molar-refractivity contribution is 7.92. The number of nitrogens with two attached hydrogens (primary N) is 1. The van der Waals surface area contributed by atoms with Gasteiger partial charge in [-0.2, -0.15) is 0 Å². The van der Waals surface area contributed by atoms with Gasteiger partial charge < -0.3 is 5.73 Å². The molecular formula is C10H10N4O2S3. The first-order chi connectivity index (χ1) is 8.98. The van der Waals surface area contributed by atoms with Crippen LogP contribution >= 0.6 is 23.8 Å². The van der Waals surface area contributed by atoms with Crippen LogP contribution in [0.1, 0.15) is 11.1 Å². The van der Waals surface area contributed by atoms with Crippen LogP contribution in [0.25, 0.3) is 0 Å². The zero-order valence-electron chi connectivity index (χ0n) is 9.61. The molecule has 1 aromatic heterocycles. The minimum Gasteiger partial charge on any atom is -0.389 e. The third-order valence-electron chi connectivity index (χ3n) is 2.25. The standard InChI is InChI=1S/C10H10N4O2S3/c11-10(17)8-4-2-1-3-7(8)6-19(15,16)13-9-5-12-14-18-9/h1-5,13H,6H2,(H2,11,17). The summed E-state index contributed by atoms with van der Waals surface area (Å²) in [6.45, 7) is 0. The second-order valence-corrected chi connectivity index (χ2v) is 6.61. The summed E-state index contributed by atoms with van der Waals surface area (Å²) in [4.78, 5) is 0.172. The molecule has 0 aliphatic heterocycles. The molecule has 1 heterocycles. The van der Waals surface area contributed by atoms with Crippen LogP contribution in [0.15, 0.2) is 30.5 Å². The predicted molar refractivity (Wildman–Crippen MR) is 78.5 cm³/mol. The monoisotopic (exact) mass is 314 g/mol. The number of sulfonamides is 1. The van der Waals surface area contributed by atoms with Crippen LogP contribution in [0.2, 0.25) is 0 Å². The fourth-order valence-electron chi connectivity index (χ4n) is 1.49. The van der Waals surface area contributed by atoms with E-state index in [1.54, 1.807) is 24.3 Å². The van der Waals surface area contributed by atoms with Gasteiger partial charge in [-0.15, -0.1) is 5.10 Å². The highest BCUT2D eigenvalue weighted by Crippen LogP contribution is 2.17. The number of nitrogens with zero attached hydrogens (tertiary/aromatic N) is 2. The van der Waals surface area contributed by atoms with Crippen LogP contribution in [-0.2, 0) is 15.8 Å². The molecule has 19 heavy (non-hydrogen) atoms. The van der Waals surface area contributed by atoms with E-state index in [9.17, 15) is 8.42 Å².